The van der Waals surface area contributed by atoms with Gasteiger partial charge in [0.1, 0.15) is 4.83 Å². The van der Waals surface area contributed by atoms with Crippen LogP contribution in [0.5, 0.6) is 0 Å². The molecular weight excluding hydrogens is 278 g/mol. The third-order valence-corrected chi connectivity index (χ3v) is 4.37. The number of amides is 1. The van der Waals surface area contributed by atoms with Crippen LogP contribution in [0, 0.1) is 12.8 Å². The van der Waals surface area contributed by atoms with Crippen molar-refractivity contribution in [1.29, 1.82) is 0 Å². The minimum atomic E-state index is -0.226. The average molecular weight is 295 g/mol. The van der Waals surface area contributed by atoms with Gasteiger partial charge in [0, 0.05) is 13.2 Å². The molecular formula is C13H17N3O3S. The second-order valence-corrected chi connectivity index (χ2v) is 5.79. The lowest BCUT2D eigenvalue weighted by Gasteiger charge is -2.10. The number of aryl methyl sites for hydroxylation is 1. The van der Waals surface area contributed by atoms with Gasteiger partial charge in [-0.3, -0.25) is 9.59 Å². The van der Waals surface area contributed by atoms with E-state index in [9.17, 15) is 9.59 Å². The Morgan fingerprint density at radius 1 is 1.60 bits per heavy atom. The summed E-state index contributed by atoms with van der Waals surface area (Å²) in [6.45, 7) is 4.32. The zero-order chi connectivity index (χ0) is 14.7. The second-order valence-electron chi connectivity index (χ2n) is 4.80. The van der Waals surface area contributed by atoms with Crippen LogP contribution in [-0.4, -0.2) is 34.1 Å². The molecule has 0 radical (unpaired) electrons. The lowest BCUT2D eigenvalue weighted by atomic mass is 10.1. The SMILES string of the molecule is Cc1c(C(=O)NCC(C)CCO)sc2nc[nH]c(=O)c12. The standard InChI is InChI=1S/C13H17N3O3S/c1-7(3-4-17)5-14-12(19)10-8(2)9-11(18)15-6-16-13(9)20-10/h6-7,17H,3-5H2,1-2H3,(H,14,19)(H,15,16,18). The molecule has 1 amide bonds. The highest BCUT2D eigenvalue weighted by atomic mass is 32.1. The minimum absolute atomic E-state index is 0.109. The zero-order valence-electron chi connectivity index (χ0n) is 11.4. The molecule has 2 heterocycles. The van der Waals surface area contributed by atoms with Crippen molar-refractivity contribution in [2.75, 3.05) is 13.2 Å². The zero-order valence-corrected chi connectivity index (χ0v) is 12.2. The van der Waals surface area contributed by atoms with Gasteiger partial charge >= 0.3 is 0 Å². The molecule has 0 aliphatic heterocycles. The Labute approximate surface area is 119 Å². The van der Waals surface area contributed by atoms with E-state index in [0.29, 0.717) is 33.6 Å². The van der Waals surface area contributed by atoms with Crippen molar-refractivity contribution < 1.29 is 9.90 Å². The number of hydrogen-bond donors (Lipinski definition) is 3. The maximum absolute atomic E-state index is 12.2. The normalized spacial score (nSPS) is 12.6. The highest BCUT2D eigenvalue weighted by Crippen LogP contribution is 2.26. The first-order valence-electron chi connectivity index (χ1n) is 6.40. The van der Waals surface area contributed by atoms with Crippen molar-refractivity contribution in [2.45, 2.75) is 20.3 Å². The molecule has 0 spiro atoms. The van der Waals surface area contributed by atoms with Crippen LogP contribution in [0.15, 0.2) is 11.1 Å². The van der Waals surface area contributed by atoms with Crippen LogP contribution >= 0.6 is 11.3 Å². The van der Waals surface area contributed by atoms with Crippen molar-refractivity contribution in [3.63, 3.8) is 0 Å². The van der Waals surface area contributed by atoms with Crippen molar-refractivity contribution in [1.82, 2.24) is 15.3 Å². The maximum Gasteiger partial charge on any atom is 0.261 e. The summed E-state index contributed by atoms with van der Waals surface area (Å²) < 4.78 is 0. The van der Waals surface area contributed by atoms with Crippen LogP contribution in [-0.2, 0) is 0 Å². The second kappa shape index (κ2) is 6.15. The first kappa shape index (κ1) is 14.7. The van der Waals surface area contributed by atoms with Crippen molar-refractivity contribution in [3.8, 4) is 0 Å². The molecule has 1 atom stereocenters. The number of H-pyrrole nitrogens is 1. The first-order valence-corrected chi connectivity index (χ1v) is 7.22. The van der Waals surface area contributed by atoms with Gasteiger partial charge in [0.15, 0.2) is 0 Å². The summed E-state index contributed by atoms with van der Waals surface area (Å²) in [6, 6.07) is 0. The maximum atomic E-state index is 12.2. The van der Waals surface area contributed by atoms with Gasteiger partial charge in [0.2, 0.25) is 0 Å². The summed E-state index contributed by atoms with van der Waals surface area (Å²) in [5, 5.41) is 12.1. The van der Waals surface area contributed by atoms with Crippen LogP contribution in [0.3, 0.4) is 0 Å². The smallest absolute Gasteiger partial charge is 0.261 e. The molecule has 0 saturated heterocycles. The topological polar surface area (TPSA) is 95.1 Å². The Kier molecular flexibility index (Phi) is 4.51. The van der Waals surface area contributed by atoms with Gasteiger partial charge in [0.25, 0.3) is 11.5 Å². The quantitative estimate of drug-likeness (QED) is 0.768. The first-order chi connectivity index (χ1) is 9.54. The summed E-state index contributed by atoms with van der Waals surface area (Å²) in [5.41, 5.74) is 0.433. The number of nitrogens with one attached hydrogen (secondary N) is 2. The van der Waals surface area contributed by atoms with Gasteiger partial charge < -0.3 is 15.4 Å². The van der Waals surface area contributed by atoms with Crippen LogP contribution in [0.4, 0.5) is 0 Å². The lowest BCUT2D eigenvalue weighted by Crippen LogP contribution is -2.28. The third-order valence-electron chi connectivity index (χ3n) is 3.17. The van der Waals surface area contributed by atoms with Crippen molar-refractivity contribution >= 4 is 27.5 Å². The molecule has 0 saturated carbocycles. The van der Waals surface area contributed by atoms with E-state index in [1.807, 2.05) is 6.92 Å². The van der Waals surface area contributed by atoms with Gasteiger partial charge in [-0.15, -0.1) is 11.3 Å². The molecule has 1 unspecified atom stereocenters. The number of hydrogen-bond acceptors (Lipinski definition) is 5. The predicted molar refractivity (Wildman–Crippen MR) is 78.2 cm³/mol. The van der Waals surface area contributed by atoms with E-state index in [1.54, 1.807) is 6.92 Å². The monoisotopic (exact) mass is 295 g/mol. The van der Waals surface area contributed by atoms with E-state index in [0.717, 1.165) is 0 Å². The van der Waals surface area contributed by atoms with E-state index in [4.69, 9.17) is 5.11 Å². The Balaban J connectivity index is 2.21. The molecule has 0 aliphatic rings. The number of aromatic amines is 1. The summed E-state index contributed by atoms with van der Waals surface area (Å²) in [7, 11) is 0. The molecule has 6 nitrogen and oxygen atoms in total. The van der Waals surface area contributed by atoms with E-state index >= 15 is 0 Å². The largest absolute Gasteiger partial charge is 0.396 e. The van der Waals surface area contributed by atoms with Crippen LogP contribution in [0.2, 0.25) is 0 Å². The number of aliphatic hydroxyl groups excluding tert-OH is 1. The molecule has 0 fully saturated rings. The number of carbonyl (C=O) groups is 1. The van der Waals surface area contributed by atoms with Crippen molar-refractivity contribution in [3.05, 3.63) is 27.1 Å². The van der Waals surface area contributed by atoms with Crippen LogP contribution in [0.25, 0.3) is 10.2 Å². The molecule has 2 rings (SSSR count). The number of fused-ring (bicyclic) bond motifs is 1. The predicted octanol–water partition coefficient (Wildman–Crippen LogP) is 1.04. The summed E-state index contributed by atoms with van der Waals surface area (Å²) in [5.74, 6) is 0.00912. The lowest BCUT2D eigenvalue weighted by molar-refractivity contribution is 0.0949. The molecule has 2 aromatic rings. The molecule has 20 heavy (non-hydrogen) atoms. The minimum Gasteiger partial charge on any atom is -0.396 e. The summed E-state index contributed by atoms with van der Waals surface area (Å²) in [6.07, 6.45) is 1.98. The van der Waals surface area contributed by atoms with Crippen LogP contribution < -0.4 is 10.9 Å². The summed E-state index contributed by atoms with van der Waals surface area (Å²) >= 11 is 1.22. The Morgan fingerprint density at radius 2 is 2.35 bits per heavy atom. The molecule has 2 aromatic heterocycles. The number of aromatic nitrogens is 2. The highest BCUT2D eigenvalue weighted by molar-refractivity contribution is 7.20. The van der Waals surface area contributed by atoms with Gasteiger partial charge in [-0.25, -0.2) is 4.98 Å². The van der Waals surface area contributed by atoms with E-state index in [-0.39, 0.29) is 24.0 Å². The van der Waals surface area contributed by atoms with Gasteiger partial charge in [0.05, 0.1) is 16.6 Å². The summed E-state index contributed by atoms with van der Waals surface area (Å²) in [4.78, 5) is 31.6. The fourth-order valence-corrected chi connectivity index (χ4v) is 3.03. The number of rotatable bonds is 5. The average Bonchev–Trinajstić information content (AvgIpc) is 2.75. The number of nitrogens with zero attached hydrogens (tertiary/aromatic N) is 1. The van der Waals surface area contributed by atoms with Gasteiger partial charge in [-0.05, 0) is 24.8 Å². The number of aliphatic hydroxyl groups is 1. The highest BCUT2D eigenvalue weighted by Gasteiger charge is 2.18. The number of carbonyl (C=O) groups excluding carboxylic acids is 1. The third kappa shape index (κ3) is 2.88. The van der Waals surface area contributed by atoms with E-state index in [2.05, 4.69) is 15.3 Å². The Hall–Kier alpha value is -1.73. The Bertz CT molecular complexity index is 677. The fraction of sp³-hybridized carbons (Fsp3) is 0.462. The molecule has 7 heteroatoms. The molecule has 0 aromatic carbocycles. The van der Waals surface area contributed by atoms with Crippen LogP contribution in [0.1, 0.15) is 28.6 Å². The van der Waals surface area contributed by atoms with Gasteiger partial charge in [-0.1, -0.05) is 6.92 Å². The number of thiophene rings is 1. The Morgan fingerprint density at radius 3 is 3.00 bits per heavy atom. The van der Waals surface area contributed by atoms with Gasteiger partial charge in [-0.2, -0.15) is 0 Å². The fourth-order valence-electron chi connectivity index (χ4n) is 1.96. The molecule has 3 N–H and O–H groups in total. The van der Waals surface area contributed by atoms with E-state index in [1.165, 1.54) is 17.7 Å². The van der Waals surface area contributed by atoms with Crippen molar-refractivity contribution in [2.24, 2.45) is 5.92 Å². The molecule has 0 bridgehead atoms. The van der Waals surface area contributed by atoms with E-state index < -0.39 is 0 Å². The molecule has 108 valence electrons. The molecule has 0 aliphatic carbocycles.